The number of rotatable bonds is 3. The zero-order valence-electron chi connectivity index (χ0n) is 9.90. The van der Waals surface area contributed by atoms with Crippen molar-refractivity contribution in [3.63, 3.8) is 0 Å². The molecule has 0 aliphatic rings. The van der Waals surface area contributed by atoms with E-state index in [1.807, 2.05) is 13.0 Å². The summed E-state index contributed by atoms with van der Waals surface area (Å²) >= 11 is 3.33. The zero-order chi connectivity index (χ0) is 13.1. The van der Waals surface area contributed by atoms with Gasteiger partial charge in [0.2, 0.25) is 5.88 Å². The largest absolute Gasteiger partial charge is 0.493 e. The molecule has 0 atom stereocenters. The molecular formula is C13H13BrN2O2. The molecule has 0 saturated carbocycles. The lowest BCUT2D eigenvalue weighted by molar-refractivity contribution is 0.449. The third-order valence-corrected chi connectivity index (χ3v) is 3.04. The Morgan fingerprint density at radius 1 is 1.44 bits per heavy atom. The van der Waals surface area contributed by atoms with Crippen molar-refractivity contribution in [3.05, 3.63) is 44.9 Å². The van der Waals surface area contributed by atoms with Crippen LogP contribution in [-0.4, -0.2) is 15.1 Å². The number of aromatic nitrogens is 2. The van der Waals surface area contributed by atoms with Crippen LogP contribution in [0.5, 0.6) is 5.88 Å². The fraction of sp³-hybridized carbons (Fsp3) is 0.231. The van der Waals surface area contributed by atoms with Crippen LogP contribution in [0.25, 0.3) is 11.1 Å². The molecule has 94 valence electrons. The first-order valence-corrected chi connectivity index (χ1v) is 6.49. The lowest BCUT2D eigenvalue weighted by atomic mass is 10.1. The van der Waals surface area contributed by atoms with Crippen LogP contribution in [0.2, 0.25) is 0 Å². The lowest BCUT2D eigenvalue weighted by Gasteiger charge is -2.05. The molecule has 2 aromatic rings. The third-order valence-electron chi connectivity index (χ3n) is 2.55. The number of hydrogen-bond donors (Lipinski definition) is 2. The van der Waals surface area contributed by atoms with E-state index in [2.05, 4.69) is 25.9 Å². The summed E-state index contributed by atoms with van der Waals surface area (Å²) in [4.78, 5) is 18.7. The van der Waals surface area contributed by atoms with Crippen molar-refractivity contribution in [3.8, 4) is 17.0 Å². The summed E-state index contributed by atoms with van der Waals surface area (Å²) in [7, 11) is 0. The van der Waals surface area contributed by atoms with Gasteiger partial charge in [0, 0.05) is 10.9 Å². The minimum absolute atomic E-state index is 0.205. The van der Waals surface area contributed by atoms with Crippen LogP contribution in [0.4, 0.5) is 0 Å². The Bertz CT molecular complexity index is 623. The summed E-state index contributed by atoms with van der Waals surface area (Å²) in [6.45, 7) is 1.99. The van der Waals surface area contributed by atoms with Gasteiger partial charge in [-0.1, -0.05) is 35.0 Å². The summed E-state index contributed by atoms with van der Waals surface area (Å²) < 4.78 is 0.844. The molecular weight excluding hydrogens is 296 g/mol. The van der Waals surface area contributed by atoms with Gasteiger partial charge in [-0.25, -0.2) is 0 Å². The molecule has 1 aromatic carbocycles. The highest BCUT2D eigenvalue weighted by atomic mass is 79.9. The van der Waals surface area contributed by atoms with Gasteiger partial charge >= 0.3 is 0 Å². The predicted molar refractivity (Wildman–Crippen MR) is 73.7 cm³/mol. The maximum Gasteiger partial charge on any atom is 0.262 e. The SMILES string of the molecule is CCCc1nc(O)c(-c2cccc(Br)c2)c(=O)[nH]1. The van der Waals surface area contributed by atoms with Crippen molar-refractivity contribution in [2.45, 2.75) is 19.8 Å². The maximum absolute atomic E-state index is 12.0. The average Bonchev–Trinajstić information content (AvgIpc) is 2.28. The van der Waals surface area contributed by atoms with Crippen LogP contribution in [-0.2, 0) is 6.42 Å². The Kier molecular flexibility index (Phi) is 3.81. The Hall–Kier alpha value is -1.62. The number of aromatic hydroxyl groups is 1. The molecule has 0 radical (unpaired) electrons. The number of benzene rings is 1. The smallest absolute Gasteiger partial charge is 0.262 e. The van der Waals surface area contributed by atoms with Crippen molar-refractivity contribution < 1.29 is 5.11 Å². The molecule has 5 heteroatoms. The minimum Gasteiger partial charge on any atom is -0.493 e. The molecule has 0 bridgehead atoms. The van der Waals surface area contributed by atoms with Crippen LogP contribution < -0.4 is 5.56 Å². The molecule has 0 fully saturated rings. The molecule has 4 nitrogen and oxygen atoms in total. The molecule has 0 aliphatic carbocycles. The highest BCUT2D eigenvalue weighted by molar-refractivity contribution is 9.10. The second kappa shape index (κ2) is 5.35. The summed E-state index contributed by atoms with van der Waals surface area (Å²) in [5, 5.41) is 9.90. The molecule has 18 heavy (non-hydrogen) atoms. The van der Waals surface area contributed by atoms with Crippen LogP contribution in [0, 0.1) is 0 Å². The molecule has 1 heterocycles. The van der Waals surface area contributed by atoms with Crippen LogP contribution in [0.15, 0.2) is 33.5 Å². The van der Waals surface area contributed by atoms with Crippen LogP contribution in [0.3, 0.4) is 0 Å². The predicted octanol–water partition coefficient (Wildman–Crippen LogP) is 2.86. The highest BCUT2D eigenvalue weighted by Crippen LogP contribution is 2.25. The highest BCUT2D eigenvalue weighted by Gasteiger charge is 2.12. The van der Waals surface area contributed by atoms with Gasteiger partial charge in [0.25, 0.3) is 5.56 Å². The molecule has 1 aromatic heterocycles. The number of aromatic amines is 1. The van der Waals surface area contributed by atoms with Gasteiger partial charge in [-0.15, -0.1) is 0 Å². The van der Waals surface area contributed by atoms with Gasteiger partial charge in [-0.2, -0.15) is 4.98 Å². The van der Waals surface area contributed by atoms with E-state index < -0.39 is 0 Å². The quantitative estimate of drug-likeness (QED) is 0.916. The van der Waals surface area contributed by atoms with E-state index in [1.54, 1.807) is 18.2 Å². The van der Waals surface area contributed by atoms with E-state index >= 15 is 0 Å². The van der Waals surface area contributed by atoms with E-state index in [0.717, 1.165) is 10.9 Å². The van der Waals surface area contributed by atoms with Gasteiger partial charge < -0.3 is 10.1 Å². The van der Waals surface area contributed by atoms with Gasteiger partial charge in [0.15, 0.2) is 0 Å². The summed E-state index contributed by atoms with van der Waals surface area (Å²) in [5.41, 5.74) is 0.527. The van der Waals surface area contributed by atoms with Crippen molar-refractivity contribution in [2.75, 3.05) is 0 Å². The van der Waals surface area contributed by atoms with Crippen molar-refractivity contribution in [1.82, 2.24) is 9.97 Å². The zero-order valence-corrected chi connectivity index (χ0v) is 11.5. The molecule has 0 saturated heterocycles. The minimum atomic E-state index is -0.316. The summed E-state index contributed by atoms with van der Waals surface area (Å²) in [6, 6.07) is 7.19. The molecule has 2 rings (SSSR count). The topological polar surface area (TPSA) is 66.0 Å². The van der Waals surface area contributed by atoms with Crippen LogP contribution in [0.1, 0.15) is 19.2 Å². The van der Waals surface area contributed by atoms with Gasteiger partial charge in [-0.3, -0.25) is 4.79 Å². The van der Waals surface area contributed by atoms with E-state index in [0.29, 0.717) is 17.8 Å². The second-order valence-electron chi connectivity index (χ2n) is 3.97. The third kappa shape index (κ3) is 2.61. The van der Waals surface area contributed by atoms with E-state index in [9.17, 15) is 9.90 Å². The van der Waals surface area contributed by atoms with E-state index in [-0.39, 0.29) is 17.0 Å². The van der Waals surface area contributed by atoms with Crippen LogP contribution >= 0.6 is 15.9 Å². The van der Waals surface area contributed by atoms with Crippen molar-refractivity contribution in [2.24, 2.45) is 0 Å². The number of H-pyrrole nitrogens is 1. The number of nitrogens with zero attached hydrogens (tertiary/aromatic N) is 1. The van der Waals surface area contributed by atoms with Gasteiger partial charge in [0.05, 0.1) is 0 Å². The Balaban J connectivity index is 2.55. The van der Waals surface area contributed by atoms with E-state index in [1.165, 1.54) is 0 Å². The van der Waals surface area contributed by atoms with Gasteiger partial charge in [0.1, 0.15) is 11.4 Å². The first-order chi connectivity index (χ1) is 8.61. The second-order valence-corrected chi connectivity index (χ2v) is 4.89. The summed E-state index contributed by atoms with van der Waals surface area (Å²) in [5.74, 6) is 0.291. The number of hydrogen-bond acceptors (Lipinski definition) is 3. The molecule has 0 amide bonds. The fourth-order valence-electron chi connectivity index (χ4n) is 1.77. The monoisotopic (exact) mass is 308 g/mol. The molecule has 0 spiro atoms. The van der Waals surface area contributed by atoms with Gasteiger partial charge in [-0.05, 0) is 24.1 Å². The number of nitrogens with one attached hydrogen (secondary N) is 1. The number of aryl methyl sites for hydroxylation is 1. The Morgan fingerprint density at radius 2 is 2.22 bits per heavy atom. The molecule has 2 N–H and O–H groups in total. The summed E-state index contributed by atoms with van der Waals surface area (Å²) in [6.07, 6.45) is 1.50. The lowest BCUT2D eigenvalue weighted by Crippen LogP contribution is -2.14. The van der Waals surface area contributed by atoms with Crippen molar-refractivity contribution in [1.29, 1.82) is 0 Å². The fourth-order valence-corrected chi connectivity index (χ4v) is 2.17. The average molecular weight is 309 g/mol. The van der Waals surface area contributed by atoms with E-state index in [4.69, 9.17) is 0 Å². The maximum atomic E-state index is 12.0. The Morgan fingerprint density at radius 3 is 2.83 bits per heavy atom. The number of halogens is 1. The standard InChI is InChI=1S/C13H13BrN2O2/c1-2-4-10-15-12(17)11(13(18)16-10)8-5-3-6-9(14)7-8/h3,5-7H,2,4H2,1H3,(H2,15,16,17,18). The first-order valence-electron chi connectivity index (χ1n) is 5.70. The Labute approximate surface area is 113 Å². The normalized spacial score (nSPS) is 10.6. The first kappa shape index (κ1) is 12.8. The molecule has 0 unspecified atom stereocenters. The molecule has 0 aliphatic heterocycles. The van der Waals surface area contributed by atoms with Crippen molar-refractivity contribution >= 4 is 15.9 Å².